The number of nitro benzene ring substituents is 1. The van der Waals surface area contributed by atoms with E-state index in [2.05, 4.69) is 10.6 Å². The number of nitrogens with two attached hydrogens (primary N) is 1. The molecule has 0 aliphatic heterocycles. The minimum atomic E-state index is -1.27. The Morgan fingerprint density at radius 2 is 1.75 bits per heavy atom. The molecule has 0 saturated heterocycles. The molecule has 2 aromatic carbocycles. The van der Waals surface area contributed by atoms with Crippen molar-refractivity contribution < 1.29 is 28.4 Å². The molecule has 0 heterocycles. The van der Waals surface area contributed by atoms with Crippen LogP contribution in [0.5, 0.6) is 5.75 Å². The minimum Gasteiger partial charge on any atom is -0.496 e. The average Bonchev–Trinajstić information content (AvgIpc) is 2.73. The van der Waals surface area contributed by atoms with Crippen molar-refractivity contribution in [3.8, 4) is 5.75 Å². The number of methoxy groups -OCH3 is 1. The van der Waals surface area contributed by atoms with E-state index in [0.29, 0.717) is 0 Å². The van der Waals surface area contributed by atoms with Crippen LogP contribution in [0, 0.1) is 15.9 Å². The number of carbonyl (C=O) groups is 3. The van der Waals surface area contributed by atoms with E-state index < -0.39 is 40.5 Å². The van der Waals surface area contributed by atoms with Gasteiger partial charge in [0.25, 0.3) is 5.69 Å². The highest BCUT2D eigenvalue weighted by atomic mass is 19.1. The highest BCUT2D eigenvalue weighted by Gasteiger charge is 2.27. The highest BCUT2D eigenvalue weighted by molar-refractivity contribution is 5.91. The lowest BCUT2D eigenvalue weighted by Crippen LogP contribution is -2.54. The molecular formula is C21H23FN4O6. The van der Waals surface area contributed by atoms with Crippen LogP contribution < -0.4 is 21.1 Å². The van der Waals surface area contributed by atoms with Gasteiger partial charge in [-0.15, -0.1) is 0 Å². The Hall–Kier alpha value is -4.02. The Labute approximate surface area is 183 Å². The number of primary amides is 1. The number of rotatable bonds is 10. The fourth-order valence-corrected chi connectivity index (χ4v) is 3.09. The number of benzene rings is 2. The number of ether oxygens (including phenoxy) is 1. The summed E-state index contributed by atoms with van der Waals surface area (Å²) in [5, 5.41) is 15.9. The molecular weight excluding hydrogens is 423 g/mol. The van der Waals surface area contributed by atoms with Crippen molar-refractivity contribution in [2.45, 2.75) is 31.8 Å². The quantitative estimate of drug-likeness (QED) is 0.365. The van der Waals surface area contributed by atoms with Crippen LogP contribution in [0.4, 0.5) is 10.1 Å². The Balaban J connectivity index is 2.26. The maximum Gasteiger partial charge on any atom is 0.269 e. The largest absolute Gasteiger partial charge is 0.496 e. The number of nitrogens with one attached hydrogen (secondary N) is 2. The SMILES string of the molecule is COc1ccc([N+](=O)[O-])cc1C[C@H](NC(=O)[C@H](Cc1ccccc1F)NC(C)=O)C(N)=O. The molecule has 0 radical (unpaired) electrons. The monoisotopic (exact) mass is 446 g/mol. The van der Waals surface area contributed by atoms with Crippen LogP contribution in [-0.2, 0) is 27.2 Å². The van der Waals surface area contributed by atoms with E-state index in [1.165, 1.54) is 50.4 Å². The number of amides is 3. The molecule has 4 N–H and O–H groups in total. The number of nitro groups is 1. The molecule has 0 bridgehead atoms. The van der Waals surface area contributed by atoms with Crippen molar-refractivity contribution in [1.82, 2.24) is 10.6 Å². The predicted molar refractivity (Wildman–Crippen MR) is 112 cm³/mol. The smallest absolute Gasteiger partial charge is 0.269 e. The van der Waals surface area contributed by atoms with Gasteiger partial charge in [0.1, 0.15) is 23.7 Å². The Bertz CT molecular complexity index is 1030. The summed E-state index contributed by atoms with van der Waals surface area (Å²) >= 11 is 0. The second-order valence-corrected chi connectivity index (χ2v) is 6.97. The standard InChI is InChI=1S/C21H23FN4O6/c1-12(27)24-18(10-13-5-3-4-6-16(13)22)21(29)25-17(20(23)28)11-14-9-15(26(30)31)7-8-19(14)32-2/h3-9,17-18H,10-11H2,1-2H3,(H2,23,28)(H,24,27)(H,25,29)/t17-,18-/m0/s1. The van der Waals surface area contributed by atoms with Gasteiger partial charge in [0, 0.05) is 37.5 Å². The summed E-state index contributed by atoms with van der Waals surface area (Å²) in [6.07, 6.45) is -0.359. The van der Waals surface area contributed by atoms with Gasteiger partial charge in [-0.3, -0.25) is 24.5 Å². The van der Waals surface area contributed by atoms with Crippen LogP contribution in [-0.4, -0.2) is 41.8 Å². The summed E-state index contributed by atoms with van der Waals surface area (Å²) in [6.45, 7) is 1.20. The summed E-state index contributed by atoms with van der Waals surface area (Å²) < 4.78 is 19.2. The van der Waals surface area contributed by atoms with Crippen LogP contribution in [0.1, 0.15) is 18.1 Å². The van der Waals surface area contributed by atoms with Gasteiger partial charge in [0.15, 0.2) is 0 Å². The van der Waals surface area contributed by atoms with Gasteiger partial charge >= 0.3 is 0 Å². The minimum absolute atomic E-state index is 0.163. The Kier molecular flexibility index (Phi) is 8.22. The third-order valence-electron chi connectivity index (χ3n) is 4.63. The molecule has 11 heteroatoms. The first kappa shape index (κ1) is 24.3. The first-order chi connectivity index (χ1) is 15.1. The van der Waals surface area contributed by atoms with Gasteiger partial charge in [0.2, 0.25) is 17.7 Å². The maximum atomic E-state index is 14.0. The first-order valence-corrected chi connectivity index (χ1v) is 9.53. The molecule has 32 heavy (non-hydrogen) atoms. The van der Waals surface area contributed by atoms with E-state index in [1.54, 1.807) is 6.07 Å². The van der Waals surface area contributed by atoms with E-state index in [-0.39, 0.29) is 35.4 Å². The van der Waals surface area contributed by atoms with E-state index in [1.807, 2.05) is 0 Å². The van der Waals surface area contributed by atoms with Crippen molar-refractivity contribution in [3.63, 3.8) is 0 Å². The molecule has 0 spiro atoms. The van der Waals surface area contributed by atoms with E-state index >= 15 is 0 Å². The van der Waals surface area contributed by atoms with E-state index in [4.69, 9.17) is 10.5 Å². The second-order valence-electron chi connectivity index (χ2n) is 6.97. The van der Waals surface area contributed by atoms with Gasteiger partial charge in [-0.2, -0.15) is 0 Å². The zero-order valence-electron chi connectivity index (χ0n) is 17.5. The number of carbonyl (C=O) groups excluding carboxylic acids is 3. The number of non-ortho nitro benzene ring substituents is 1. The summed E-state index contributed by atoms with van der Waals surface area (Å²) in [5.74, 6) is -2.49. The van der Waals surface area contributed by atoms with Gasteiger partial charge < -0.3 is 21.1 Å². The number of nitrogens with zero attached hydrogens (tertiary/aromatic N) is 1. The van der Waals surface area contributed by atoms with Crippen molar-refractivity contribution in [3.05, 3.63) is 69.5 Å². The predicted octanol–water partition coefficient (Wildman–Crippen LogP) is 1.00. The van der Waals surface area contributed by atoms with Crippen molar-refractivity contribution in [1.29, 1.82) is 0 Å². The summed E-state index contributed by atoms with van der Waals surface area (Å²) in [7, 11) is 1.35. The zero-order chi connectivity index (χ0) is 23.8. The summed E-state index contributed by atoms with van der Waals surface area (Å²) in [4.78, 5) is 46.9. The molecule has 0 aromatic heterocycles. The van der Waals surface area contributed by atoms with Crippen LogP contribution in [0.3, 0.4) is 0 Å². The number of halogens is 1. The molecule has 0 unspecified atom stereocenters. The lowest BCUT2D eigenvalue weighted by atomic mass is 10.0. The van der Waals surface area contributed by atoms with Crippen molar-refractivity contribution in [2.24, 2.45) is 5.73 Å². The van der Waals surface area contributed by atoms with E-state index in [0.717, 1.165) is 0 Å². The normalized spacial score (nSPS) is 12.3. The van der Waals surface area contributed by atoms with Crippen LogP contribution >= 0.6 is 0 Å². The third-order valence-corrected chi connectivity index (χ3v) is 4.63. The molecule has 170 valence electrons. The Morgan fingerprint density at radius 1 is 1.09 bits per heavy atom. The fourth-order valence-electron chi connectivity index (χ4n) is 3.09. The van der Waals surface area contributed by atoms with Crippen molar-refractivity contribution >= 4 is 23.4 Å². The van der Waals surface area contributed by atoms with Gasteiger partial charge in [-0.05, 0) is 17.7 Å². The van der Waals surface area contributed by atoms with Gasteiger partial charge in [-0.1, -0.05) is 18.2 Å². The number of hydrogen-bond donors (Lipinski definition) is 3. The fraction of sp³-hybridized carbons (Fsp3) is 0.286. The lowest BCUT2D eigenvalue weighted by Gasteiger charge is -2.22. The molecule has 0 aliphatic rings. The zero-order valence-corrected chi connectivity index (χ0v) is 17.5. The van der Waals surface area contributed by atoms with Crippen LogP contribution in [0.15, 0.2) is 42.5 Å². The summed E-state index contributed by atoms with van der Waals surface area (Å²) in [6, 6.07) is 7.13. The lowest BCUT2D eigenvalue weighted by molar-refractivity contribution is -0.384. The molecule has 0 saturated carbocycles. The average molecular weight is 446 g/mol. The number of hydrogen-bond acceptors (Lipinski definition) is 6. The first-order valence-electron chi connectivity index (χ1n) is 9.53. The van der Waals surface area contributed by atoms with E-state index in [9.17, 15) is 28.9 Å². The maximum absolute atomic E-state index is 14.0. The molecule has 0 aliphatic carbocycles. The molecule has 2 aromatic rings. The second kappa shape index (κ2) is 10.8. The molecule has 2 rings (SSSR count). The highest BCUT2D eigenvalue weighted by Crippen LogP contribution is 2.25. The van der Waals surface area contributed by atoms with Gasteiger partial charge in [-0.25, -0.2) is 4.39 Å². The van der Waals surface area contributed by atoms with Crippen LogP contribution in [0.2, 0.25) is 0 Å². The molecule has 0 fully saturated rings. The summed E-state index contributed by atoms with van der Waals surface area (Å²) in [5.41, 5.74) is 5.66. The van der Waals surface area contributed by atoms with Gasteiger partial charge in [0.05, 0.1) is 12.0 Å². The Morgan fingerprint density at radius 3 is 2.31 bits per heavy atom. The van der Waals surface area contributed by atoms with Crippen LogP contribution in [0.25, 0.3) is 0 Å². The molecule has 10 nitrogen and oxygen atoms in total. The third kappa shape index (κ3) is 6.49. The molecule has 3 amide bonds. The molecule has 2 atom stereocenters. The topological polar surface area (TPSA) is 154 Å². The van der Waals surface area contributed by atoms with Crippen molar-refractivity contribution in [2.75, 3.05) is 7.11 Å².